The van der Waals surface area contributed by atoms with Gasteiger partial charge in [-0.15, -0.1) is 11.8 Å². The number of benzene rings is 3. The molecule has 1 unspecified atom stereocenters. The van der Waals surface area contributed by atoms with Crippen LogP contribution in [0.25, 0.3) is 6.08 Å². The molecule has 3 aromatic carbocycles. The third-order valence-electron chi connectivity index (χ3n) is 8.12. The number of carbonyl (C=O) groups excluding carboxylic acids is 3. The molecule has 0 radical (unpaired) electrons. The number of fused-ring (bicyclic) bond motifs is 1. The molecule has 7 nitrogen and oxygen atoms in total. The topological polar surface area (TPSA) is 76.8 Å². The smallest absolute Gasteiger partial charge is 0.355 e. The van der Waals surface area contributed by atoms with Crippen molar-refractivity contribution < 1.29 is 28.4 Å². The summed E-state index contributed by atoms with van der Waals surface area (Å²) >= 11 is 1.58. The Morgan fingerprint density at radius 2 is 1.57 bits per heavy atom. The molecule has 0 saturated carbocycles. The highest BCUT2D eigenvalue weighted by atomic mass is 32.2. The van der Waals surface area contributed by atoms with E-state index in [1.54, 1.807) is 18.9 Å². The van der Waals surface area contributed by atoms with E-state index in [4.69, 9.17) is 9.47 Å². The van der Waals surface area contributed by atoms with Crippen molar-refractivity contribution in [2.45, 2.75) is 31.4 Å². The van der Waals surface area contributed by atoms with E-state index in [0.717, 1.165) is 23.2 Å². The lowest BCUT2D eigenvalue weighted by Gasteiger charge is -2.49. The number of esters is 1. The van der Waals surface area contributed by atoms with Crippen LogP contribution in [0.1, 0.15) is 28.7 Å². The van der Waals surface area contributed by atoms with Crippen molar-refractivity contribution in [1.82, 2.24) is 4.90 Å². The number of nitrogens with zero attached hydrogens (tertiary/aromatic N) is 2. The van der Waals surface area contributed by atoms with E-state index in [-0.39, 0.29) is 42.2 Å². The predicted octanol–water partition coefficient (Wildman–Crippen LogP) is 5.77. The summed E-state index contributed by atoms with van der Waals surface area (Å²) in [6.45, 7) is 0.827. The van der Waals surface area contributed by atoms with Crippen LogP contribution >= 0.6 is 11.8 Å². The summed E-state index contributed by atoms with van der Waals surface area (Å²) in [6.07, 6.45) is 8.35. The zero-order chi connectivity index (χ0) is 31.9. The van der Waals surface area contributed by atoms with Crippen LogP contribution in [0.15, 0.2) is 127 Å². The number of rotatable bonds is 12. The number of Topliss-reactive ketones (excluding diaryl/α,β-unsaturated/α-hetero) is 1. The summed E-state index contributed by atoms with van der Waals surface area (Å²) in [7, 11) is 1.60. The van der Waals surface area contributed by atoms with Gasteiger partial charge in [-0.05, 0) is 34.4 Å². The molecule has 0 bridgehead atoms. The van der Waals surface area contributed by atoms with Gasteiger partial charge in [-0.3, -0.25) is 14.5 Å². The summed E-state index contributed by atoms with van der Waals surface area (Å²) < 4.78 is 13.1. The summed E-state index contributed by atoms with van der Waals surface area (Å²) in [5.74, 6) is -0.00184. The summed E-state index contributed by atoms with van der Waals surface area (Å²) in [5, 5.41) is -0.289. The highest BCUT2D eigenvalue weighted by Gasteiger charge is 2.53. The van der Waals surface area contributed by atoms with E-state index >= 15 is 0 Å². The molecule has 0 spiro atoms. The van der Waals surface area contributed by atoms with Crippen molar-refractivity contribution >= 4 is 35.5 Å². The van der Waals surface area contributed by atoms with Gasteiger partial charge in [0, 0.05) is 36.3 Å². The van der Waals surface area contributed by atoms with Gasteiger partial charge in [-0.25, -0.2) is 9.36 Å². The fraction of sp³-hybridized carbons (Fsp3) is 0.211. The first-order valence-corrected chi connectivity index (χ1v) is 16.3. The minimum atomic E-state index is -0.557. The van der Waals surface area contributed by atoms with Gasteiger partial charge >= 0.3 is 5.97 Å². The van der Waals surface area contributed by atoms with Crippen LogP contribution in [-0.4, -0.2) is 40.8 Å². The standard InChI is InChI=1S/C38H35N2O5S/c1-44-33-18-15-30(16-19-33)25-45-38(43)35-31(17-14-27-10-12-29(13-11-27)24-39-20-6-3-7-21-39)26-46-37-34(36(42)40(35)37)23-32(41)22-28-8-4-2-5-9-28/h2-21,34,37H,22-26H2,1H3/q+1/b17-14+/t34-,37?/m1/s1. The normalized spacial score (nSPS) is 17.4. The minimum Gasteiger partial charge on any atom is -0.497 e. The molecule has 46 heavy (non-hydrogen) atoms. The maximum absolute atomic E-state index is 13.6. The molecule has 1 fully saturated rings. The predicted molar refractivity (Wildman–Crippen MR) is 177 cm³/mol. The fourth-order valence-corrected chi connectivity index (χ4v) is 7.04. The van der Waals surface area contributed by atoms with Crippen molar-refractivity contribution in [3.63, 3.8) is 0 Å². The molecule has 3 heterocycles. The highest BCUT2D eigenvalue weighted by molar-refractivity contribution is 8.00. The Hall–Kier alpha value is -4.95. The first kappa shape index (κ1) is 31.0. The number of ether oxygens (including phenoxy) is 2. The number of hydrogen-bond acceptors (Lipinski definition) is 6. The number of thioether (sulfide) groups is 1. The lowest BCUT2D eigenvalue weighted by Crippen LogP contribution is -2.61. The highest BCUT2D eigenvalue weighted by Crippen LogP contribution is 2.46. The molecule has 2 atom stereocenters. The molecule has 6 rings (SSSR count). The number of carbonyl (C=O) groups is 3. The Kier molecular flexibility index (Phi) is 9.74. The number of allylic oxidation sites excluding steroid dienone is 1. The lowest BCUT2D eigenvalue weighted by atomic mass is 9.89. The monoisotopic (exact) mass is 631 g/mol. The molecule has 1 amide bonds. The molecular formula is C38H35N2O5S+. The van der Waals surface area contributed by atoms with Crippen molar-refractivity contribution in [2.75, 3.05) is 12.9 Å². The lowest BCUT2D eigenvalue weighted by molar-refractivity contribution is -0.688. The van der Waals surface area contributed by atoms with Gasteiger partial charge in [0.05, 0.1) is 18.4 Å². The Morgan fingerprint density at radius 1 is 0.870 bits per heavy atom. The van der Waals surface area contributed by atoms with Crippen molar-refractivity contribution in [2.24, 2.45) is 5.92 Å². The number of aromatic nitrogens is 1. The SMILES string of the molecule is COc1ccc(COC(=O)C2=C(/C=C/c3ccc(C[n+]4ccccc4)cc3)CSC3[C@H](CC(=O)Cc4ccccc4)C(=O)N23)cc1. The molecule has 0 N–H and O–H groups in total. The van der Waals surface area contributed by atoms with Crippen LogP contribution in [0, 0.1) is 5.92 Å². The molecule has 0 aliphatic carbocycles. The second kappa shape index (κ2) is 14.4. The maximum Gasteiger partial charge on any atom is 0.355 e. The average Bonchev–Trinajstić information content (AvgIpc) is 3.10. The van der Waals surface area contributed by atoms with Crippen molar-refractivity contribution in [3.8, 4) is 5.75 Å². The molecule has 4 aromatic rings. The molecule has 1 aromatic heterocycles. The van der Waals surface area contributed by atoms with Crippen LogP contribution in [0.2, 0.25) is 0 Å². The Bertz CT molecular complexity index is 1750. The fourth-order valence-electron chi connectivity index (χ4n) is 5.66. The summed E-state index contributed by atoms with van der Waals surface area (Å²) in [4.78, 5) is 41.6. The third-order valence-corrected chi connectivity index (χ3v) is 9.48. The van der Waals surface area contributed by atoms with Crippen LogP contribution < -0.4 is 9.30 Å². The van der Waals surface area contributed by atoms with Crippen molar-refractivity contribution in [1.29, 1.82) is 0 Å². The third kappa shape index (κ3) is 7.29. The number of hydrogen-bond donors (Lipinski definition) is 0. The molecule has 2 aliphatic heterocycles. The second-order valence-corrected chi connectivity index (χ2v) is 12.4. The van der Waals surface area contributed by atoms with E-state index < -0.39 is 11.9 Å². The number of β-lactam (4-membered cyclic amide) rings is 1. The van der Waals surface area contributed by atoms with Crippen molar-refractivity contribution in [3.05, 3.63) is 149 Å². The van der Waals surface area contributed by atoms with Gasteiger partial charge in [0.25, 0.3) is 0 Å². The number of amides is 1. The first-order chi connectivity index (χ1) is 22.5. The Morgan fingerprint density at radius 3 is 2.28 bits per heavy atom. The molecule has 232 valence electrons. The van der Waals surface area contributed by atoms with Gasteiger partial charge in [-0.1, -0.05) is 84.9 Å². The quantitative estimate of drug-likeness (QED) is 0.112. The first-order valence-electron chi connectivity index (χ1n) is 15.2. The number of methoxy groups -OCH3 is 1. The average molecular weight is 632 g/mol. The van der Waals surface area contributed by atoms with Gasteiger partial charge in [0.15, 0.2) is 18.9 Å². The van der Waals surface area contributed by atoms with E-state index in [1.165, 1.54) is 10.5 Å². The van der Waals surface area contributed by atoms with Gasteiger partial charge in [-0.2, -0.15) is 0 Å². The zero-order valence-corrected chi connectivity index (χ0v) is 26.4. The summed E-state index contributed by atoms with van der Waals surface area (Å²) in [5.41, 5.74) is 4.85. The minimum absolute atomic E-state index is 0.0113. The van der Waals surface area contributed by atoms with Crippen LogP contribution in [0.5, 0.6) is 5.75 Å². The summed E-state index contributed by atoms with van der Waals surface area (Å²) in [6, 6.07) is 31.1. The Labute approximate surface area is 273 Å². The van der Waals surface area contributed by atoms with Crippen LogP contribution in [0.3, 0.4) is 0 Å². The van der Waals surface area contributed by atoms with E-state index in [1.807, 2.05) is 109 Å². The van der Waals surface area contributed by atoms with E-state index in [9.17, 15) is 14.4 Å². The van der Waals surface area contributed by atoms with E-state index in [2.05, 4.69) is 16.7 Å². The van der Waals surface area contributed by atoms with Crippen LogP contribution in [-0.2, 0) is 38.7 Å². The molecule has 2 aliphatic rings. The van der Waals surface area contributed by atoms with Gasteiger partial charge in [0.1, 0.15) is 23.8 Å². The Balaban J connectivity index is 1.19. The van der Waals surface area contributed by atoms with Crippen LogP contribution in [0.4, 0.5) is 0 Å². The molecule has 8 heteroatoms. The van der Waals surface area contributed by atoms with Gasteiger partial charge in [0.2, 0.25) is 5.91 Å². The number of ketones is 1. The second-order valence-electron chi connectivity index (χ2n) is 11.3. The molecule has 1 saturated heterocycles. The number of pyridine rings is 1. The molecular weight excluding hydrogens is 596 g/mol. The van der Waals surface area contributed by atoms with E-state index in [0.29, 0.717) is 17.1 Å². The largest absolute Gasteiger partial charge is 0.497 e. The maximum atomic E-state index is 13.6. The van der Waals surface area contributed by atoms with Gasteiger partial charge < -0.3 is 9.47 Å². The zero-order valence-electron chi connectivity index (χ0n) is 25.6.